The van der Waals surface area contributed by atoms with Crippen molar-refractivity contribution in [1.29, 1.82) is 0 Å². The van der Waals surface area contributed by atoms with Crippen molar-refractivity contribution in [1.82, 2.24) is 4.57 Å². The number of allylic oxidation sites excluding steroid dienone is 2. The van der Waals surface area contributed by atoms with Gasteiger partial charge in [0.25, 0.3) is 0 Å². The molecule has 1 aliphatic rings. The fourth-order valence-corrected chi connectivity index (χ4v) is 2.70. The van der Waals surface area contributed by atoms with Crippen molar-refractivity contribution >= 4 is 28.7 Å². The molecule has 0 aromatic carbocycles. The first kappa shape index (κ1) is 11.0. The number of hydrogen-bond donors (Lipinski definition) is 0. The zero-order valence-electron chi connectivity index (χ0n) is 8.82. The summed E-state index contributed by atoms with van der Waals surface area (Å²) < 4.78 is 3.39. The average molecular weight is 313 g/mol. The number of nitrogens with zero attached hydrogens (tertiary/aromatic N) is 1. The number of rotatable bonds is 3. The number of halogens is 1. The van der Waals surface area contributed by atoms with E-state index in [-0.39, 0.29) is 0 Å². The first-order chi connectivity index (χ1) is 7.35. The standard InChI is InChI=1S/C13H16IN/c1-2-11-9-15(10-12(11)8-14)13-6-4-3-5-7-13/h2,4,6,9-10,13H,1,3,5,7-8H2. The summed E-state index contributed by atoms with van der Waals surface area (Å²) in [6, 6.07) is 0.564. The lowest BCUT2D eigenvalue weighted by molar-refractivity contribution is 0.519. The number of alkyl halides is 1. The quantitative estimate of drug-likeness (QED) is 0.444. The minimum Gasteiger partial charge on any atom is -0.347 e. The molecule has 80 valence electrons. The molecule has 0 saturated heterocycles. The van der Waals surface area contributed by atoms with E-state index in [1.54, 1.807) is 0 Å². The maximum Gasteiger partial charge on any atom is 0.0511 e. The van der Waals surface area contributed by atoms with Gasteiger partial charge in [0.15, 0.2) is 0 Å². The Labute approximate surface area is 105 Å². The maximum atomic E-state index is 3.86. The lowest BCUT2D eigenvalue weighted by Gasteiger charge is -2.17. The van der Waals surface area contributed by atoms with Crippen LogP contribution in [0.3, 0.4) is 0 Å². The van der Waals surface area contributed by atoms with Gasteiger partial charge in [0.1, 0.15) is 0 Å². The van der Waals surface area contributed by atoms with Gasteiger partial charge in [-0.05, 0) is 30.4 Å². The molecule has 1 nitrogen and oxygen atoms in total. The number of aromatic nitrogens is 1. The largest absolute Gasteiger partial charge is 0.347 e. The third-order valence-electron chi connectivity index (χ3n) is 2.94. The van der Waals surface area contributed by atoms with Crippen LogP contribution in [-0.2, 0) is 4.43 Å². The van der Waals surface area contributed by atoms with Gasteiger partial charge in [-0.25, -0.2) is 0 Å². The Morgan fingerprint density at radius 3 is 2.93 bits per heavy atom. The van der Waals surface area contributed by atoms with Crippen LogP contribution in [0.1, 0.15) is 36.4 Å². The van der Waals surface area contributed by atoms with Crippen molar-refractivity contribution in [2.75, 3.05) is 0 Å². The first-order valence-electron chi connectivity index (χ1n) is 5.40. The van der Waals surface area contributed by atoms with Gasteiger partial charge >= 0.3 is 0 Å². The predicted octanol–water partition coefficient (Wildman–Crippen LogP) is 4.35. The summed E-state index contributed by atoms with van der Waals surface area (Å²) in [5.74, 6) is 0. The normalized spacial score (nSPS) is 20.5. The first-order valence-corrected chi connectivity index (χ1v) is 6.93. The maximum absolute atomic E-state index is 3.86. The van der Waals surface area contributed by atoms with E-state index in [0.717, 1.165) is 4.43 Å². The third-order valence-corrected chi connectivity index (χ3v) is 3.76. The monoisotopic (exact) mass is 313 g/mol. The predicted molar refractivity (Wildman–Crippen MR) is 74.3 cm³/mol. The van der Waals surface area contributed by atoms with Crippen LogP contribution in [0.25, 0.3) is 6.08 Å². The molecule has 0 aliphatic heterocycles. The molecule has 2 rings (SSSR count). The second-order valence-corrected chi connectivity index (χ2v) is 4.71. The molecule has 0 saturated carbocycles. The topological polar surface area (TPSA) is 4.93 Å². The van der Waals surface area contributed by atoms with Crippen LogP contribution in [0.2, 0.25) is 0 Å². The zero-order valence-corrected chi connectivity index (χ0v) is 11.0. The Balaban J connectivity index is 2.27. The molecule has 1 atom stereocenters. The zero-order chi connectivity index (χ0) is 10.7. The smallest absolute Gasteiger partial charge is 0.0511 e. The van der Waals surface area contributed by atoms with E-state index in [9.17, 15) is 0 Å². The van der Waals surface area contributed by atoms with Crippen molar-refractivity contribution in [3.8, 4) is 0 Å². The molecule has 1 aromatic rings. The number of hydrogen-bond acceptors (Lipinski definition) is 0. The molecule has 0 radical (unpaired) electrons. The van der Waals surface area contributed by atoms with E-state index in [1.807, 2.05) is 6.08 Å². The average Bonchev–Trinajstić information content (AvgIpc) is 2.73. The Morgan fingerprint density at radius 1 is 1.53 bits per heavy atom. The van der Waals surface area contributed by atoms with Gasteiger partial charge < -0.3 is 4.57 Å². The summed E-state index contributed by atoms with van der Waals surface area (Å²) in [4.78, 5) is 0. The van der Waals surface area contributed by atoms with Gasteiger partial charge in [0.05, 0.1) is 6.04 Å². The minimum absolute atomic E-state index is 0.564. The van der Waals surface area contributed by atoms with Crippen LogP contribution in [0.4, 0.5) is 0 Å². The molecule has 0 amide bonds. The van der Waals surface area contributed by atoms with Gasteiger partial charge in [-0.15, -0.1) is 0 Å². The van der Waals surface area contributed by atoms with E-state index < -0.39 is 0 Å². The minimum atomic E-state index is 0.564. The molecule has 2 heteroatoms. The Kier molecular flexibility index (Phi) is 3.67. The highest BCUT2D eigenvalue weighted by molar-refractivity contribution is 14.1. The molecular weight excluding hydrogens is 297 g/mol. The highest BCUT2D eigenvalue weighted by Gasteiger charge is 2.12. The SMILES string of the molecule is C=Cc1cn(C2C=CCCC2)cc1CI. The van der Waals surface area contributed by atoms with E-state index in [2.05, 4.69) is 58.3 Å². The fourth-order valence-electron chi connectivity index (χ4n) is 2.07. The summed E-state index contributed by atoms with van der Waals surface area (Å²) in [7, 11) is 0. The van der Waals surface area contributed by atoms with E-state index in [1.165, 1.54) is 30.4 Å². The van der Waals surface area contributed by atoms with Crippen LogP contribution in [0.15, 0.2) is 31.1 Å². The van der Waals surface area contributed by atoms with Crippen molar-refractivity contribution in [3.05, 3.63) is 42.3 Å². The Bertz CT molecular complexity index is 376. The summed E-state index contributed by atoms with van der Waals surface area (Å²) in [6.07, 6.45) is 14.9. The van der Waals surface area contributed by atoms with Crippen LogP contribution in [0, 0.1) is 0 Å². The molecule has 0 fully saturated rings. The highest BCUT2D eigenvalue weighted by atomic mass is 127. The molecule has 0 bridgehead atoms. The third kappa shape index (κ3) is 2.36. The molecule has 1 unspecified atom stereocenters. The van der Waals surface area contributed by atoms with Crippen LogP contribution in [0.5, 0.6) is 0 Å². The molecule has 1 heterocycles. The summed E-state index contributed by atoms with van der Waals surface area (Å²) >= 11 is 2.41. The Hall–Kier alpha value is -0.510. The lowest BCUT2D eigenvalue weighted by Crippen LogP contribution is -2.06. The molecule has 0 N–H and O–H groups in total. The van der Waals surface area contributed by atoms with Gasteiger partial charge in [-0.1, -0.05) is 47.4 Å². The molecular formula is C13H16IN. The summed E-state index contributed by atoms with van der Waals surface area (Å²) in [5.41, 5.74) is 2.67. The van der Waals surface area contributed by atoms with Gasteiger partial charge in [0, 0.05) is 16.8 Å². The molecule has 1 aliphatic carbocycles. The van der Waals surface area contributed by atoms with Gasteiger partial charge in [-0.3, -0.25) is 0 Å². The van der Waals surface area contributed by atoms with E-state index >= 15 is 0 Å². The van der Waals surface area contributed by atoms with E-state index in [4.69, 9.17) is 0 Å². The van der Waals surface area contributed by atoms with Crippen molar-refractivity contribution in [2.45, 2.75) is 29.7 Å². The van der Waals surface area contributed by atoms with Gasteiger partial charge in [-0.2, -0.15) is 0 Å². The highest BCUT2D eigenvalue weighted by Crippen LogP contribution is 2.25. The van der Waals surface area contributed by atoms with Crippen LogP contribution in [-0.4, -0.2) is 4.57 Å². The second kappa shape index (κ2) is 5.01. The molecule has 15 heavy (non-hydrogen) atoms. The second-order valence-electron chi connectivity index (χ2n) is 3.95. The van der Waals surface area contributed by atoms with E-state index in [0.29, 0.717) is 6.04 Å². The van der Waals surface area contributed by atoms with Crippen LogP contribution >= 0.6 is 22.6 Å². The van der Waals surface area contributed by atoms with Crippen molar-refractivity contribution < 1.29 is 0 Å². The lowest BCUT2D eigenvalue weighted by atomic mass is 10.0. The molecule has 1 aromatic heterocycles. The fraction of sp³-hybridized carbons (Fsp3) is 0.385. The van der Waals surface area contributed by atoms with Crippen LogP contribution < -0.4 is 0 Å². The Morgan fingerprint density at radius 2 is 2.40 bits per heavy atom. The molecule has 0 spiro atoms. The summed E-state index contributed by atoms with van der Waals surface area (Å²) in [6.45, 7) is 3.86. The van der Waals surface area contributed by atoms with Crippen molar-refractivity contribution in [2.24, 2.45) is 0 Å². The van der Waals surface area contributed by atoms with Gasteiger partial charge in [0.2, 0.25) is 0 Å². The van der Waals surface area contributed by atoms with Crippen molar-refractivity contribution in [3.63, 3.8) is 0 Å². The summed E-state index contributed by atoms with van der Waals surface area (Å²) in [5, 5.41) is 0.